The maximum atomic E-state index is 12.2. The Balaban J connectivity index is 4.40. The van der Waals surface area contributed by atoms with Crippen molar-refractivity contribution in [2.75, 3.05) is 0 Å². The summed E-state index contributed by atoms with van der Waals surface area (Å²) in [6.07, 6.45) is -19.9. The first-order valence-electron chi connectivity index (χ1n) is 3.31. The molecule has 16 heavy (non-hydrogen) atoms. The van der Waals surface area contributed by atoms with Gasteiger partial charge in [-0.15, -0.1) is 0 Å². The van der Waals surface area contributed by atoms with Gasteiger partial charge < -0.3 is 0 Å². The summed E-state index contributed by atoms with van der Waals surface area (Å²) >= 11 is 0. The molecule has 0 aromatic rings. The highest BCUT2D eigenvalue weighted by Crippen LogP contribution is 2.31. The minimum Gasteiger partial charge on any atom is -0.299 e. The van der Waals surface area contributed by atoms with E-state index in [1.165, 1.54) is 0 Å². The second-order valence-electron chi connectivity index (χ2n) is 2.25. The number of rotatable bonds is 5. The van der Waals surface area contributed by atoms with E-state index >= 15 is 0 Å². The highest BCUT2D eigenvalue weighted by atomic mass is 19.4. The first-order valence-corrected chi connectivity index (χ1v) is 3.31. The average Bonchev–Trinajstić information content (AvgIpc) is 1.99. The molecule has 0 aliphatic carbocycles. The summed E-state index contributed by atoms with van der Waals surface area (Å²) in [6.45, 7) is -4.17. The smallest absolute Gasteiger partial charge is 0.299 e. The number of hydrogen-bond acceptors (Lipinski definition) is 2. The van der Waals surface area contributed by atoms with Crippen LogP contribution in [0.3, 0.4) is 0 Å². The third kappa shape index (κ3) is 4.88. The third-order valence-corrected chi connectivity index (χ3v) is 1.01. The van der Waals surface area contributed by atoms with E-state index in [1.807, 2.05) is 0 Å². The van der Waals surface area contributed by atoms with Gasteiger partial charge >= 0.3 is 18.9 Å². The summed E-state index contributed by atoms with van der Waals surface area (Å²) in [5.41, 5.74) is 0. The molecule has 0 spiro atoms. The zero-order valence-corrected chi connectivity index (χ0v) is 6.95. The van der Waals surface area contributed by atoms with Crippen LogP contribution < -0.4 is 0 Å². The number of alkyl halides is 9. The van der Waals surface area contributed by atoms with E-state index in [1.54, 1.807) is 0 Å². The summed E-state index contributed by atoms with van der Waals surface area (Å²) in [5.74, 6) is 0. The maximum absolute atomic E-state index is 12.2. The zero-order chi connectivity index (χ0) is 13.1. The van der Waals surface area contributed by atoms with Gasteiger partial charge in [-0.05, 0) is 0 Å². The number of hydrogen-bond donors (Lipinski definition) is 0. The monoisotopic (exact) mass is 266 g/mol. The lowest BCUT2D eigenvalue weighted by Gasteiger charge is -2.22. The molecule has 0 fully saturated rings. The van der Waals surface area contributed by atoms with Gasteiger partial charge in [-0.1, -0.05) is 0 Å². The fraction of sp³-hybridized carbons (Fsp3) is 1.00. The van der Waals surface area contributed by atoms with Crippen molar-refractivity contribution in [1.29, 1.82) is 0 Å². The quantitative estimate of drug-likeness (QED) is 0.712. The maximum Gasteiger partial charge on any atom is 0.445 e. The second-order valence-corrected chi connectivity index (χ2v) is 2.25. The molecule has 2 atom stereocenters. The first-order chi connectivity index (χ1) is 6.97. The van der Waals surface area contributed by atoms with Gasteiger partial charge in [0.15, 0.2) is 0 Å². The fourth-order valence-corrected chi connectivity index (χ4v) is 0.434. The molecule has 2 unspecified atom stereocenters. The van der Waals surface area contributed by atoms with E-state index in [4.69, 9.17) is 0 Å². The molecular formula is C5H3F9O2. The van der Waals surface area contributed by atoms with E-state index in [0.717, 1.165) is 0 Å². The van der Waals surface area contributed by atoms with Crippen molar-refractivity contribution in [1.82, 2.24) is 0 Å². The molecule has 0 heterocycles. The largest absolute Gasteiger partial charge is 0.445 e. The van der Waals surface area contributed by atoms with Crippen LogP contribution in [0.25, 0.3) is 0 Å². The average molecular weight is 266 g/mol. The third-order valence-electron chi connectivity index (χ3n) is 1.01. The van der Waals surface area contributed by atoms with Crippen molar-refractivity contribution in [3.05, 3.63) is 0 Å². The Morgan fingerprint density at radius 3 is 1.50 bits per heavy atom. The fourth-order valence-electron chi connectivity index (χ4n) is 0.434. The minimum atomic E-state index is -5.76. The van der Waals surface area contributed by atoms with Crippen LogP contribution in [-0.4, -0.2) is 31.6 Å². The van der Waals surface area contributed by atoms with Crippen molar-refractivity contribution in [3.63, 3.8) is 0 Å². The summed E-state index contributed by atoms with van der Waals surface area (Å²) in [7, 11) is 0. The van der Waals surface area contributed by atoms with E-state index in [9.17, 15) is 39.5 Å². The van der Waals surface area contributed by atoms with Gasteiger partial charge in [-0.25, -0.2) is 8.78 Å². The van der Waals surface area contributed by atoms with E-state index in [0.29, 0.717) is 0 Å². The van der Waals surface area contributed by atoms with E-state index < -0.39 is 31.6 Å². The molecule has 0 aromatic heterocycles. The van der Waals surface area contributed by atoms with E-state index in [-0.39, 0.29) is 0 Å². The van der Waals surface area contributed by atoms with Crippen LogP contribution >= 0.6 is 0 Å². The topological polar surface area (TPSA) is 18.5 Å². The first kappa shape index (κ1) is 15.3. The van der Waals surface area contributed by atoms with Crippen LogP contribution in [-0.2, 0) is 9.47 Å². The van der Waals surface area contributed by atoms with Crippen LogP contribution in [0.1, 0.15) is 0 Å². The van der Waals surface area contributed by atoms with Gasteiger partial charge in [-0.3, -0.25) is 9.47 Å². The van der Waals surface area contributed by atoms with Crippen LogP contribution in [0.5, 0.6) is 0 Å². The predicted octanol–water partition coefficient (Wildman–Crippen LogP) is 2.99. The van der Waals surface area contributed by atoms with Gasteiger partial charge in [0, 0.05) is 0 Å². The molecule has 0 aliphatic rings. The Morgan fingerprint density at radius 2 is 1.19 bits per heavy atom. The highest BCUT2D eigenvalue weighted by Gasteiger charge is 2.51. The molecule has 0 saturated heterocycles. The van der Waals surface area contributed by atoms with Crippen LogP contribution in [0, 0.1) is 0 Å². The van der Waals surface area contributed by atoms with Crippen molar-refractivity contribution < 1.29 is 49.0 Å². The molecular weight excluding hydrogens is 263 g/mol. The van der Waals surface area contributed by atoms with E-state index in [2.05, 4.69) is 9.47 Å². The molecule has 0 rings (SSSR count). The van der Waals surface area contributed by atoms with Crippen molar-refractivity contribution in [2.24, 2.45) is 0 Å². The molecule has 0 aliphatic heterocycles. The van der Waals surface area contributed by atoms with Crippen LogP contribution in [0.2, 0.25) is 0 Å². The Labute approximate surface area is 81.9 Å². The Hall–Kier alpha value is -0.710. The molecule has 98 valence electrons. The standard InChI is InChI=1S/C5H3F9O2/c6-1(4(10,11)12)15-2(7)5(13,14)16-3(8)9/h1-3H. The van der Waals surface area contributed by atoms with Crippen molar-refractivity contribution in [3.8, 4) is 0 Å². The van der Waals surface area contributed by atoms with Crippen LogP contribution in [0.4, 0.5) is 39.5 Å². The Morgan fingerprint density at radius 1 is 0.750 bits per heavy atom. The predicted molar refractivity (Wildman–Crippen MR) is 29.0 cm³/mol. The summed E-state index contributed by atoms with van der Waals surface area (Å²) in [4.78, 5) is 0. The van der Waals surface area contributed by atoms with Crippen LogP contribution in [0.15, 0.2) is 0 Å². The molecule has 0 aromatic carbocycles. The van der Waals surface area contributed by atoms with Gasteiger partial charge in [0.1, 0.15) is 0 Å². The SMILES string of the molecule is FC(F)OC(F)(F)C(F)OC(F)C(F)(F)F. The summed E-state index contributed by atoms with van der Waals surface area (Å²) in [5, 5.41) is 0. The van der Waals surface area contributed by atoms with Gasteiger partial charge in [0.2, 0.25) is 0 Å². The molecule has 0 amide bonds. The van der Waals surface area contributed by atoms with Gasteiger partial charge in [0.05, 0.1) is 0 Å². The summed E-state index contributed by atoms with van der Waals surface area (Å²) in [6, 6.07) is 0. The normalized spacial score (nSPS) is 17.6. The zero-order valence-electron chi connectivity index (χ0n) is 6.95. The summed E-state index contributed by atoms with van der Waals surface area (Å²) < 4.78 is 110. The van der Waals surface area contributed by atoms with Gasteiger partial charge in [0.25, 0.3) is 12.7 Å². The second kappa shape index (κ2) is 5.08. The molecule has 0 saturated carbocycles. The Kier molecular flexibility index (Phi) is 4.85. The number of ether oxygens (including phenoxy) is 2. The molecule has 11 heteroatoms. The highest BCUT2D eigenvalue weighted by molar-refractivity contribution is 4.62. The molecule has 2 nitrogen and oxygen atoms in total. The minimum absolute atomic E-state index is 2.31. The molecule has 0 radical (unpaired) electrons. The molecule has 0 N–H and O–H groups in total. The Bertz CT molecular complexity index is 214. The van der Waals surface area contributed by atoms with Gasteiger partial charge in [-0.2, -0.15) is 30.7 Å². The van der Waals surface area contributed by atoms with Crippen molar-refractivity contribution >= 4 is 0 Å². The van der Waals surface area contributed by atoms with Crippen molar-refractivity contribution in [2.45, 2.75) is 31.6 Å². The lowest BCUT2D eigenvalue weighted by atomic mass is 10.6. The number of halogens is 9. The molecule has 0 bridgehead atoms. The lowest BCUT2D eigenvalue weighted by Crippen LogP contribution is -2.41. The lowest BCUT2D eigenvalue weighted by molar-refractivity contribution is -0.405.